The minimum absolute atomic E-state index is 0.330. The molecule has 0 aliphatic carbocycles. The van der Waals surface area contributed by atoms with Gasteiger partial charge in [-0.3, -0.25) is 0 Å². The lowest BCUT2D eigenvalue weighted by molar-refractivity contribution is -0.136. The normalized spacial score (nSPS) is 11.3. The summed E-state index contributed by atoms with van der Waals surface area (Å²) in [5.41, 5.74) is 2.15. The summed E-state index contributed by atoms with van der Waals surface area (Å²) < 4.78 is 54.4. The molecule has 0 aliphatic rings. The van der Waals surface area contributed by atoms with Crippen molar-refractivity contribution in [3.63, 3.8) is 0 Å². The van der Waals surface area contributed by atoms with Crippen LogP contribution >= 0.6 is 0 Å². The number of carbonyl (C=O) groups excluding carboxylic acids is 1. The monoisotopic (exact) mass is 237 g/mol. The Morgan fingerprint density at radius 1 is 1.38 bits per heavy atom. The van der Waals surface area contributed by atoms with Crippen LogP contribution in [0.1, 0.15) is 15.9 Å². The minimum Gasteiger partial charge on any atom is -0.465 e. The average Bonchev–Trinajstić information content (AvgIpc) is 2.14. The maximum absolute atomic E-state index is 13.1. The van der Waals surface area contributed by atoms with Crippen LogP contribution in [0.4, 0.5) is 23.2 Å². The number of hydrogen-bond donors (Lipinski definition) is 1. The SMILES string of the molecule is COC(=O)c1cc(C(F)(F)F)c(N)cc1F. The van der Waals surface area contributed by atoms with Gasteiger partial charge in [-0.25, -0.2) is 9.18 Å². The van der Waals surface area contributed by atoms with Gasteiger partial charge in [0.25, 0.3) is 0 Å². The van der Waals surface area contributed by atoms with Gasteiger partial charge in [-0.1, -0.05) is 0 Å². The number of rotatable bonds is 1. The van der Waals surface area contributed by atoms with Crippen LogP contribution in [0.15, 0.2) is 12.1 Å². The fourth-order valence-electron chi connectivity index (χ4n) is 1.10. The molecular formula is C9H7F4NO2. The first-order chi connectivity index (χ1) is 7.27. The molecule has 0 fully saturated rings. The van der Waals surface area contributed by atoms with Crippen molar-refractivity contribution in [3.05, 3.63) is 29.1 Å². The third kappa shape index (κ3) is 2.23. The fraction of sp³-hybridized carbons (Fsp3) is 0.222. The summed E-state index contributed by atoms with van der Waals surface area (Å²) in [4.78, 5) is 11.0. The molecule has 0 saturated carbocycles. The van der Waals surface area contributed by atoms with Crippen molar-refractivity contribution in [1.82, 2.24) is 0 Å². The first kappa shape index (κ1) is 12.3. The fourth-order valence-corrected chi connectivity index (χ4v) is 1.10. The third-order valence-corrected chi connectivity index (χ3v) is 1.85. The highest BCUT2D eigenvalue weighted by atomic mass is 19.4. The van der Waals surface area contributed by atoms with Crippen LogP contribution in [-0.4, -0.2) is 13.1 Å². The highest BCUT2D eigenvalue weighted by Gasteiger charge is 2.34. The highest BCUT2D eigenvalue weighted by molar-refractivity contribution is 5.90. The van der Waals surface area contributed by atoms with E-state index in [2.05, 4.69) is 4.74 Å². The number of esters is 1. The number of hydrogen-bond acceptors (Lipinski definition) is 3. The number of benzene rings is 1. The molecule has 3 nitrogen and oxygen atoms in total. The van der Waals surface area contributed by atoms with E-state index in [0.717, 1.165) is 7.11 Å². The van der Waals surface area contributed by atoms with Gasteiger partial charge < -0.3 is 10.5 Å². The largest absolute Gasteiger partial charge is 0.465 e. The van der Waals surface area contributed by atoms with Crippen LogP contribution < -0.4 is 5.73 Å². The summed E-state index contributed by atoms with van der Waals surface area (Å²) in [6.07, 6.45) is -4.75. The third-order valence-electron chi connectivity index (χ3n) is 1.85. The lowest BCUT2D eigenvalue weighted by Gasteiger charge is -2.11. The first-order valence-corrected chi connectivity index (χ1v) is 4.02. The molecule has 2 N–H and O–H groups in total. The quantitative estimate of drug-likeness (QED) is 0.463. The van der Waals surface area contributed by atoms with Gasteiger partial charge in [0.05, 0.1) is 18.2 Å². The molecule has 1 aromatic carbocycles. The van der Waals surface area contributed by atoms with Gasteiger partial charge in [-0.05, 0) is 12.1 Å². The van der Waals surface area contributed by atoms with E-state index < -0.39 is 34.8 Å². The summed E-state index contributed by atoms with van der Waals surface area (Å²) in [6.45, 7) is 0. The number of nitrogens with two attached hydrogens (primary N) is 1. The average molecular weight is 237 g/mol. The van der Waals surface area contributed by atoms with E-state index in [4.69, 9.17) is 5.73 Å². The molecule has 1 rings (SSSR count). The predicted molar refractivity (Wildman–Crippen MR) is 47.2 cm³/mol. The zero-order chi connectivity index (χ0) is 12.5. The zero-order valence-corrected chi connectivity index (χ0v) is 8.06. The van der Waals surface area contributed by atoms with E-state index in [1.54, 1.807) is 0 Å². The lowest BCUT2D eigenvalue weighted by Crippen LogP contribution is -2.13. The van der Waals surface area contributed by atoms with E-state index in [0.29, 0.717) is 12.1 Å². The van der Waals surface area contributed by atoms with Crippen molar-refractivity contribution in [1.29, 1.82) is 0 Å². The smallest absolute Gasteiger partial charge is 0.418 e. The molecular weight excluding hydrogens is 230 g/mol. The number of anilines is 1. The van der Waals surface area contributed by atoms with Crippen LogP contribution in [-0.2, 0) is 10.9 Å². The van der Waals surface area contributed by atoms with Crippen LogP contribution in [0.25, 0.3) is 0 Å². The maximum Gasteiger partial charge on any atom is 0.418 e. The van der Waals surface area contributed by atoms with Gasteiger partial charge >= 0.3 is 12.1 Å². The molecule has 0 spiro atoms. The summed E-state index contributed by atoms with van der Waals surface area (Å²) in [7, 11) is 0.936. The van der Waals surface area contributed by atoms with Crippen LogP contribution in [0.2, 0.25) is 0 Å². The van der Waals surface area contributed by atoms with Gasteiger partial charge in [-0.2, -0.15) is 13.2 Å². The number of alkyl halides is 3. The topological polar surface area (TPSA) is 52.3 Å². The Morgan fingerprint density at radius 2 is 1.94 bits per heavy atom. The second kappa shape index (κ2) is 3.99. The molecule has 0 aromatic heterocycles. The molecule has 0 aliphatic heterocycles. The highest BCUT2D eigenvalue weighted by Crippen LogP contribution is 2.34. The number of halogens is 4. The van der Waals surface area contributed by atoms with Crippen molar-refractivity contribution < 1.29 is 27.1 Å². The molecule has 0 amide bonds. The van der Waals surface area contributed by atoms with E-state index in [9.17, 15) is 22.4 Å². The minimum atomic E-state index is -4.75. The number of ether oxygens (including phenoxy) is 1. The summed E-state index contributed by atoms with van der Waals surface area (Å²) in [6, 6.07) is 0.769. The molecule has 7 heteroatoms. The van der Waals surface area contributed by atoms with Crippen LogP contribution in [0.5, 0.6) is 0 Å². The second-order valence-corrected chi connectivity index (χ2v) is 2.91. The van der Waals surface area contributed by atoms with Gasteiger partial charge in [0.1, 0.15) is 5.82 Å². The molecule has 1 aromatic rings. The Kier molecular flexibility index (Phi) is 3.06. The Bertz CT molecular complexity index is 428. The Labute approximate surface area is 87.8 Å². The van der Waals surface area contributed by atoms with Crippen molar-refractivity contribution in [2.75, 3.05) is 12.8 Å². The maximum atomic E-state index is 13.1. The molecule has 0 heterocycles. The number of methoxy groups -OCH3 is 1. The van der Waals surface area contributed by atoms with E-state index in [1.807, 2.05) is 0 Å². The first-order valence-electron chi connectivity index (χ1n) is 4.02. The number of carbonyl (C=O) groups is 1. The summed E-state index contributed by atoms with van der Waals surface area (Å²) >= 11 is 0. The van der Waals surface area contributed by atoms with E-state index in [1.165, 1.54) is 0 Å². The predicted octanol–water partition coefficient (Wildman–Crippen LogP) is 2.21. The Morgan fingerprint density at radius 3 is 2.38 bits per heavy atom. The van der Waals surface area contributed by atoms with Crippen molar-refractivity contribution in [2.45, 2.75) is 6.18 Å². The van der Waals surface area contributed by atoms with Gasteiger partial charge in [0.2, 0.25) is 0 Å². The van der Waals surface area contributed by atoms with Crippen molar-refractivity contribution in [3.8, 4) is 0 Å². The van der Waals surface area contributed by atoms with E-state index in [-0.39, 0.29) is 0 Å². The Balaban J connectivity index is 3.39. The van der Waals surface area contributed by atoms with Gasteiger partial charge in [0.15, 0.2) is 0 Å². The molecule has 0 atom stereocenters. The zero-order valence-electron chi connectivity index (χ0n) is 8.06. The van der Waals surface area contributed by atoms with E-state index >= 15 is 0 Å². The number of nitrogen functional groups attached to an aromatic ring is 1. The molecule has 0 radical (unpaired) electrons. The molecule has 0 bridgehead atoms. The molecule has 0 saturated heterocycles. The van der Waals surface area contributed by atoms with Crippen molar-refractivity contribution in [2.24, 2.45) is 0 Å². The van der Waals surface area contributed by atoms with Crippen molar-refractivity contribution >= 4 is 11.7 Å². The molecule has 88 valence electrons. The molecule has 0 unspecified atom stereocenters. The van der Waals surface area contributed by atoms with Crippen LogP contribution in [0.3, 0.4) is 0 Å². The lowest BCUT2D eigenvalue weighted by atomic mass is 10.1. The van der Waals surface area contributed by atoms with Crippen LogP contribution in [0, 0.1) is 5.82 Å². The summed E-state index contributed by atoms with van der Waals surface area (Å²) in [5.74, 6) is -2.35. The standard InChI is InChI=1S/C9H7F4NO2/c1-16-8(15)4-2-5(9(11,12)13)7(14)3-6(4)10/h2-3H,14H2,1H3. The Hall–Kier alpha value is -1.79. The second-order valence-electron chi connectivity index (χ2n) is 2.91. The molecule has 16 heavy (non-hydrogen) atoms. The summed E-state index contributed by atoms with van der Waals surface area (Å²) in [5, 5.41) is 0. The van der Waals surface area contributed by atoms with Gasteiger partial charge in [0, 0.05) is 5.69 Å². The van der Waals surface area contributed by atoms with Gasteiger partial charge in [-0.15, -0.1) is 0 Å².